The lowest BCUT2D eigenvalue weighted by Gasteiger charge is -2.34. The number of ether oxygens (including phenoxy) is 1. The Kier molecular flexibility index (Phi) is 17.8. The Hall–Kier alpha value is -0.473. The summed E-state index contributed by atoms with van der Waals surface area (Å²) in [7, 11) is -0.375. The minimum Gasteiger partial charge on any atom is -0.460 e. The Morgan fingerprint density at radius 3 is 1.87 bits per heavy atom. The quantitative estimate of drug-likeness (QED) is 0.105. The highest BCUT2D eigenvalue weighted by Crippen LogP contribution is 2.19. The topological polar surface area (TPSA) is 54.0 Å². The molecule has 180 valence electrons. The van der Waals surface area contributed by atoms with Gasteiger partial charge in [-0.15, -0.1) is 0 Å². The van der Waals surface area contributed by atoms with Crippen molar-refractivity contribution in [3.05, 3.63) is 0 Å². The van der Waals surface area contributed by atoms with Crippen molar-refractivity contribution in [3.63, 3.8) is 0 Å². The molecule has 0 saturated heterocycles. The minimum atomic E-state index is -2.67. The summed E-state index contributed by atoms with van der Waals surface area (Å²) < 4.78 is 24.1. The van der Waals surface area contributed by atoms with Gasteiger partial charge < -0.3 is 22.5 Å². The van der Waals surface area contributed by atoms with Crippen molar-refractivity contribution >= 4 is 14.8 Å². The van der Waals surface area contributed by atoms with Crippen LogP contribution in [0.3, 0.4) is 0 Å². The molecule has 0 saturated carbocycles. The molecule has 0 spiro atoms. The number of unbranched alkanes of at least 4 members (excludes halogenated alkanes) is 4. The second kappa shape index (κ2) is 18.1. The van der Waals surface area contributed by atoms with E-state index in [1.54, 1.807) is 0 Å². The first-order valence-corrected chi connectivity index (χ1v) is 14.2. The lowest BCUT2D eigenvalue weighted by molar-refractivity contribution is -0.910. The number of carbonyl (C=O) groups excluding carboxylic acids is 1. The number of rotatable bonds is 21. The molecule has 0 aliphatic heterocycles. The smallest absolute Gasteiger partial charge is 0.460 e. The van der Waals surface area contributed by atoms with Crippen molar-refractivity contribution in [1.29, 1.82) is 0 Å². The summed E-state index contributed by atoms with van der Waals surface area (Å²) in [5, 5.41) is 0. The number of carbonyl (C=O) groups is 1. The summed E-state index contributed by atoms with van der Waals surface area (Å²) >= 11 is 0. The van der Waals surface area contributed by atoms with Crippen molar-refractivity contribution < 1.29 is 27.3 Å². The van der Waals surface area contributed by atoms with E-state index >= 15 is 0 Å². The molecule has 6 nitrogen and oxygen atoms in total. The maximum absolute atomic E-state index is 12.2. The third kappa shape index (κ3) is 13.8. The zero-order valence-corrected chi connectivity index (χ0v) is 21.8. The van der Waals surface area contributed by atoms with Crippen LogP contribution in [0.4, 0.5) is 0 Å². The average Bonchev–Trinajstić information content (AvgIpc) is 2.69. The summed E-state index contributed by atoms with van der Waals surface area (Å²) in [5.41, 5.74) is 0. The molecule has 0 aliphatic rings. The minimum absolute atomic E-state index is 0.131. The molecule has 7 heteroatoms. The molecule has 0 aromatic rings. The van der Waals surface area contributed by atoms with E-state index in [0.717, 1.165) is 24.0 Å². The number of hydrogen-bond acceptors (Lipinski definition) is 5. The molecule has 0 bridgehead atoms. The van der Waals surface area contributed by atoms with E-state index < -0.39 is 8.80 Å². The van der Waals surface area contributed by atoms with Crippen molar-refractivity contribution in [2.75, 3.05) is 53.1 Å². The van der Waals surface area contributed by atoms with Crippen molar-refractivity contribution in [3.8, 4) is 0 Å². The van der Waals surface area contributed by atoms with Gasteiger partial charge in [-0.05, 0) is 46.5 Å². The molecule has 0 N–H and O–H groups in total. The normalized spacial score (nSPS) is 13.9. The van der Waals surface area contributed by atoms with Gasteiger partial charge in [-0.2, -0.15) is 0 Å². The highest BCUT2D eigenvalue weighted by molar-refractivity contribution is 6.60. The van der Waals surface area contributed by atoms with Crippen LogP contribution < -0.4 is 0 Å². The molecular weight excluding hydrogens is 398 g/mol. The standard InChI is InChI=1S/C23H50NO5Si/c1-7-12-13-14-15-19-24(6,18-8-2)20-21-26-23(25)17-16-22-30(27-9-3,28-10-4)29-11-5/h7-22H2,1-6H3/q+1. The maximum atomic E-state index is 12.2. The van der Waals surface area contributed by atoms with Crippen LogP contribution in [-0.4, -0.2) is 72.4 Å². The van der Waals surface area contributed by atoms with Gasteiger partial charge in [0.2, 0.25) is 0 Å². The maximum Gasteiger partial charge on any atom is 0.500 e. The van der Waals surface area contributed by atoms with Crippen LogP contribution in [0.2, 0.25) is 6.04 Å². The lowest BCUT2D eigenvalue weighted by atomic mass is 10.1. The summed E-state index contributed by atoms with van der Waals surface area (Å²) in [4.78, 5) is 12.2. The highest BCUT2D eigenvalue weighted by Gasteiger charge is 2.39. The van der Waals surface area contributed by atoms with Crippen LogP contribution in [0.25, 0.3) is 0 Å². The first kappa shape index (κ1) is 29.5. The van der Waals surface area contributed by atoms with Crippen LogP contribution in [0, 0.1) is 0 Å². The van der Waals surface area contributed by atoms with E-state index in [2.05, 4.69) is 20.9 Å². The molecule has 0 rings (SSSR count). The summed E-state index contributed by atoms with van der Waals surface area (Å²) in [6.07, 6.45) is 8.70. The van der Waals surface area contributed by atoms with E-state index in [4.69, 9.17) is 18.0 Å². The summed E-state index contributed by atoms with van der Waals surface area (Å²) in [6, 6.07) is 0.652. The fraction of sp³-hybridized carbons (Fsp3) is 0.957. The monoisotopic (exact) mass is 448 g/mol. The predicted octanol–water partition coefficient (Wildman–Crippen LogP) is 5.19. The number of quaternary nitrogens is 1. The molecular formula is C23H50NO5Si+. The Bertz CT molecular complexity index is 407. The van der Waals surface area contributed by atoms with Crippen molar-refractivity contribution in [2.24, 2.45) is 0 Å². The third-order valence-corrected chi connectivity index (χ3v) is 8.57. The van der Waals surface area contributed by atoms with Gasteiger partial charge in [0, 0.05) is 32.3 Å². The van der Waals surface area contributed by atoms with Crippen LogP contribution in [0.15, 0.2) is 0 Å². The highest BCUT2D eigenvalue weighted by atomic mass is 28.4. The van der Waals surface area contributed by atoms with Crippen molar-refractivity contribution in [1.82, 2.24) is 0 Å². The molecule has 0 amide bonds. The summed E-state index contributed by atoms with van der Waals surface area (Å²) in [5.74, 6) is -0.131. The van der Waals surface area contributed by atoms with Gasteiger partial charge in [0.15, 0.2) is 0 Å². The van der Waals surface area contributed by atoms with E-state index in [0.29, 0.717) is 45.3 Å². The molecule has 0 heterocycles. The van der Waals surface area contributed by atoms with Gasteiger partial charge >= 0.3 is 14.8 Å². The molecule has 30 heavy (non-hydrogen) atoms. The van der Waals surface area contributed by atoms with Gasteiger partial charge in [-0.1, -0.05) is 33.1 Å². The number of hydrogen-bond donors (Lipinski definition) is 0. The van der Waals surface area contributed by atoms with Gasteiger partial charge in [0.05, 0.1) is 20.1 Å². The average molecular weight is 449 g/mol. The van der Waals surface area contributed by atoms with E-state index in [9.17, 15) is 4.79 Å². The molecule has 0 aromatic heterocycles. The second-order valence-electron chi connectivity index (χ2n) is 8.26. The Balaban J connectivity index is 4.32. The van der Waals surface area contributed by atoms with E-state index in [1.165, 1.54) is 38.6 Å². The lowest BCUT2D eigenvalue weighted by Crippen LogP contribution is -2.47. The van der Waals surface area contributed by atoms with Gasteiger partial charge in [0.1, 0.15) is 13.2 Å². The van der Waals surface area contributed by atoms with Gasteiger partial charge in [0.25, 0.3) is 0 Å². The largest absolute Gasteiger partial charge is 0.500 e. The number of likely N-dealkylation sites (N-methyl/N-ethyl adjacent to an activating group) is 1. The first-order chi connectivity index (χ1) is 14.4. The summed E-state index contributed by atoms with van der Waals surface area (Å²) in [6.45, 7) is 15.7. The SMILES string of the molecule is CCCCCCC[N+](C)(CCC)CCOC(=O)CCC[Si](OCC)(OCC)OCC. The zero-order valence-electron chi connectivity index (χ0n) is 20.8. The predicted molar refractivity (Wildman–Crippen MR) is 125 cm³/mol. The fourth-order valence-electron chi connectivity index (χ4n) is 3.87. The van der Waals surface area contributed by atoms with Crippen LogP contribution in [-0.2, 0) is 22.8 Å². The third-order valence-electron chi connectivity index (χ3n) is 5.42. The van der Waals surface area contributed by atoms with E-state index in [-0.39, 0.29) is 5.97 Å². The van der Waals surface area contributed by atoms with Gasteiger partial charge in [-0.3, -0.25) is 4.79 Å². The Morgan fingerprint density at radius 1 is 0.733 bits per heavy atom. The molecule has 0 aliphatic carbocycles. The Labute approximate surface area is 187 Å². The molecule has 0 radical (unpaired) electrons. The van der Waals surface area contributed by atoms with Crippen molar-refractivity contribution in [2.45, 2.75) is 92.0 Å². The zero-order chi connectivity index (χ0) is 22.7. The molecule has 0 fully saturated rings. The molecule has 1 atom stereocenters. The van der Waals surface area contributed by atoms with Crippen LogP contribution >= 0.6 is 0 Å². The second-order valence-corrected chi connectivity index (χ2v) is 11.0. The van der Waals surface area contributed by atoms with Gasteiger partial charge in [-0.25, -0.2) is 0 Å². The van der Waals surface area contributed by atoms with Crippen LogP contribution in [0.5, 0.6) is 0 Å². The first-order valence-electron chi connectivity index (χ1n) is 12.3. The van der Waals surface area contributed by atoms with E-state index in [1.807, 2.05) is 20.8 Å². The van der Waals surface area contributed by atoms with Crippen LogP contribution in [0.1, 0.15) is 86.0 Å². The fourth-order valence-corrected chi connectivity index (χ4v) is 6.49. The Morgan fingerprint density at radius 2 is 1.33 bits per heavy atom. The number of esters is 1. The molecule has 1 unspecified atom stereocenters. The molecule has 0 aromatic carbocycles. The number of nitrogens with zero attached hydrogens (tertiary/aromatic N) is 1.